The van der Waals surface area contributed by atoms with E-state index in [9.17, 15) is 8.78 Å². The SMILES string of the molecule is CCN1CC[C@@H](NC(C)C)C[C@H]1c1ccc(F)c(F)c1.[HH]. The number of piperidine rings is 1. The number of halogens is 2. The Morgan fingerprint density at radius 1 is 1.35 bits per heavy atom. The van der Waals surface area contributed by atoms with Gasteiger partial charge in [0, 0.05) is 26.1 Å². The van der Waals surface area contributed by atoms with Gasteiger partial charge in [-0.05, 0) is 37.1 Å². The molecule has 2 atom stereocenters. The molecule has 1 fully saturated rings. The van der Waals surface area contributed by atoms with E-state index < -0.39 is 11.6 Å². The van der Waals surface area contributed by atoms with Crippen molar-refractivity contribution in [2.24, 2.45) is 0 Å². The van der Waals surface area contributed by atoms with Crippen LogP contribution >= 0.6 is 0 Å². The largest absolute Gasteiger partial charge is 0.312 e. The van der Waals surface area contributed by atoms with Crippen molar-refractivity contribution < 1.29 is 10.2 Å². The monoisotopic (exact) mass is 284 g/mol. The number of rotatable bonds is 4. The zero-order chi connectivity index (χ0) is 14.7. The summed E-state index contributed by atoms with van der Waals surface area (Å²) in [6, 6.07) is 5.34. The Morgan fingerprint density at radius 3 is 2.70 bits per heavy atom. The van der Waals surface area contributed by atoms with E-state index >= 15 is 0 Å². The van der Waals surface area contributed by atoms with Crippen molar-refractivity contribution in [3.05, 3.63) is 35.4 Å². The second kappa shape index (κ2) is 6.64. The first-order chi connectivity index (χ1) is 9.51. The molecule has 0 saturated carbocycles. The van der Waals surface area contributed by atoms with Gasteiger partial charge in [0.2, 0.25) is 0 Å². The molecule has 0 radical (unpaired) electrons. The van der Waals surface area contributed by atoms with Crippen LogP contribution in [0.25, 0.3) is 0 Å². The fraction of sp³-hybridized carbons (Fsp3) is 0.625. The molecule has 0 amide bonds. The zero-order valence-corrected chi connectivity index (χ0v) is 12.5. The van der Waals surface area contributed by atoms with Crippen molar-refractivity contribution >= 4 is 0 Å². The number of nitrogens with zero attached hydrogens (tertiary/aromatic N) is 1. The third kappa shape index (κ3) is 3.55. The minimum Gasteiger partial charge on any atom is -0.312 e. The third-order valence-corrected chi connectivity index (χ3v) is 4.02. The molecule has 2 rings (SSSR count). The first-order valence-corrected chi connectivity index (χ1v) is 7.46. The first-order valence-electron chi connectivity index (χ1n) is 7.46. The smallest absolute Gasteiger partial charge is 0.159 e. The van der Waals surface area contributed by atoms with Crippen molar-refractivity contribution in [1.29, 1.82) is 0 Å². The molecule has 0 aromatic heterocycles. The van der Waals surface area contributed by atoms with E-state index in [2.05, 4.69) is 31.0 Å². The predicted octanol–water partition coefficient (Wildman–Crippen LogP) is 3.73. The summed E-state index contributed by atoms with van der Waals surface area (Å²) in [5.41, 5.74) is 0.876. The summed E-state index contributed by atoms with van der Waals surface area (Å²) < 4.78 is 26.6. The van der Waals surface area contributed by atoms with Gasteiger partial charge in [-0.3, -0.25) is 4.90 Å². The van der Waals surface area contributed by atoms with Crippen LogP contribution in [0.5, 0.6) is 0 Å². The van der Waals surface area contributed by atoms with Gasteiger partial charge in [-0.2, -0.15) is 0 Å². The molecule has 1 aromatic carbocycles. The summed E-state index contributed by atoms with van der Waals surface area (Å²) in [6.07, 6.45) is 2.04. The predicted molar refractivity (Wildman–Crippen MR) is 79.8 cm³/mol. The molecule has 0 bridgehead atoms. The van der Waals surface area contributed by atoms with Gasteiger partial charge in [0.1, 0.15) is 0 Å². The van der Waals surface area contributed by atoms with Gasteiger partial charge in [-0.15, -0.1) is 0 Å². The van der Waals surface area contributed by atoms with Crippen molar-refractivity contribution in [3.8, 4) is 0 Å². The Hall–Kier alpha value is -1.00. The molecule has 0 spiro atoms. The molecule has 1 aromatic rings. The Labute approximate surface area is 121 Å². The lowest BCUT2D eigenvalue weighted by Crippen LogP contribution is -2.46. The Balaban J connectivity index is 0.00000220. The van der Waals surface area contributed by atoms with Crippen LogP contribution in [0.4, 0.5) is 8.78 Å². The summed E-state index contributed by atoms with van der Waals surface area (Å²) in [7, 11) is 0. The molecule has 0 aliphatic carbocycles. The van der Waals surface area contributed by atoms with Gasteiger partial charge in [0.25, 0.3) is 0 Å². The minimum atomic E-state index is -0.774. The quantitative estimate of drug-likeness (QED) is 0.906. The fourth-order valence-corrected chi connectivity index (χ4v) is 3.08. The standard InChI is InChI=1S/C16H24F2N2.H2/c1-4-20-8-7-13(19-11(2)3)10-16(20)12-5-6-14(17)15(18)9-12;/h5-6,9,11,13,16,19H,4,7-8,10H2,1-3H3;1H/t13-,16+;/m1./s1. The van der Waals surface area contributed by atoms with E-state index in [-0.39, 0.29) is 7.47 Å². The van der Waals surface area contributed by atoms with E-state index in [0.717, 1.165) is 31.5 Å². The zero-order valence-electron chi connectivity index (χ0n) is 12.5. The van der Waals surface area contributed by atoms with Crippen LogP contribution < -0.4 is 5.32 Å². The topological polar surface area (TPSA) is 15.3 Å². The summed E-state index contributed by atoms with van der Waals surface area (Å²) in [5.74, 6) is -1.53. The molecule has 1 saturated heterocycles. The molecule has 1 heterocycles. The molecular formula is C16H26F2N2. The normalized spacial score (nSPS) is 24.3. The molecule has 0 unspecified atom stereocenters. The summed E-state index contributed by atoms with van der Waals surface area (Å²) in [4.78, 5) is 2.34. The second-order valence-corrected chi connectivity index (χ2v) is 5.86. The van der Waals surface area contributed by atoms with Gasteiger partial charge in [0.15, 0.2) is 11.6 Å². The minimum absolute atomic E-state index is 0. The van der Waals surface area contributed by atoms with Gasteiger partial charge >= 0.3 is 0 Å². The molecule has 1 aliphatic rings. The Bertz CT molecular complexity index is 454. The lowest BCUT2D eigenvalue weighted by Gasteiger charge is -2.40. The van der Waals surface area contributed by atoms with E-state index in [1.807, 2.05) is 0 Å². The highest BCUT2D eigenvalue weighted by Crippen LogP contribution is 2.31. The van der Waals surface area contributed by atoms with Gasteiger partial charge < -0.3 is 5.32 Å². The molecule has 1 N–H and O–H groups in total. The number of likely N-dealkylation sites (tertiary alicyclic amines) is 1. The average Bonchev–Trinajstić information content (AvgIpc) is 2.41. The van der Waals surface area contributed by atoms with Crippen LogP contribution in [0.15, 0.2) is 18.2 Å². The van der Waals surface area contributed by atoms with E-state index in [4.69, 9.17) is 0 Å². The molecule has 4 heteroatoms. The maximum atomic E-state index is 13.5. The molecule has 1 aliphatic heterocycles. The van der Waals surface area contributed by atoms with Gasteiger partial charge in [0.05, 0.1) is 0 Å². The first kappa shape index (κ1) is 15.4. The van der Waals surface area contributed by atoms with Gasteiger partial charge in [-0.1, -0.05) is 26.8 Å². The van der Waals surface area contributed by atoms with Crippen LogP contribution in [-0.2, 0) is 0 Å². The highest BCUT2D eigenvalue weighted by molar-refractivity contribution is 5.22. The van der Waals surface area contributed by atoms with Crippen molar-refractivity contribution in [1.82, 2.24) is 10.2 Å². The summed E-state index contributed by atoms with van der Waals surface area (Å²) >= 11 is 0. The number of benzene rings is 1. The lowest BCUT2D eigenvalue weighted by molar-refractivity contribution is 0.128. The number of nitrogens with one attached hydrogen (secondary N) is 1. The maximum Gasteiger partial charge on any atom is 0.159 e. The molecule has 20 heavy (non-hydrogen) atoms. The van der Waals surface area contributed by atoms with Gasteiger partial charge in [-0.25, -0.2) is 8.78 Å². The summed E-state index contributed by atoms with van der Waals surface area (Å²) in [5, 5.41) is 3.56. The highest BCUT2D eigenvalue weighted by atomic mass is 19.2. The summed E-state index contributed by atoms with van der Waals surface area (Å²) in [6.45, 7) is 8.31. The van der Waals surface area contributed by atoms with E-state index in [0.29, 0.717) is 12.1 Å². The number of hydrogen-bond donors (Lipinski definition) is 1. The van der Waals surface area contributed by atoms with Crippen molar-refractivity contribution in [2.45, 2.75) is 51.7 Å². The number of hydrogen-bond acceptors (Lipinski definition) is 2. The Kier molecular flexibility index (Phi) is 5.11. The van der Waals surface area contributed by atoms with Crippen LogP contribution in [0, 0.1) is 11.6 Å². The maximum absolute atomic E-state index is 13.5. The average molecular weight is 284 g/mol. The van der Waals surface area contributed by atoms with Crippen LogP contribution in [0.3, 0.4) is 0 Å². The van der Waals surface area contributed by atoms with E-state index in [1.165, 1.54) is 12.1 Å². The molecule has 114 valence electrons. The molecule has 2 nitrogen and oxygen atoms in total. The van der Waals surface area contributed by atoms with Crippen LogP contribution in [0.2, 0.25) is 0 Å². The second-order valence-electron chi connectivity index (χ2n) is 5.86. The lowest BCUT2D eigenvalue weighted by atomic mass is 9.91. The van der Waals surface area contributed by atoms with Crippen molar-refractivity contribution in [3.63, 3.8) is 0 Å². The highest BCUT2D eigenvalue weighted by Gasteiger charge is 2.29. The molecular weight excluding hydrogens is 258 g/mol. The van der Waals surface area contributed by atoms with Crippen LogP contribution in [0.1, 0.15) is 46.6 Å². The fourth-order valence-electron chi connectivity index (χ4n) is 3.08. The third-order valence-electron chi connectivity index (χ3n) is 4.02. The Morgan fingerprint density at radius 2 is 2.10 bits per heavy atom. The van der Waals surface area contributed by atoms with Crippen molar-refractivity contribution in [2.75, 3.05) is 13.1 Å². The van der Waals surface area contributed by atoms with Crippen LogP contribution in [-0.4, -0.2) is 30.1 Å². The van der Waals surface area contributed by atoms with E-state index in [1.54, 1.807) is 6.07 Å².